The fourth-order valence-electron chi connectivity index (χ4n) is 2.98. The van der Waals surface area contributed by atoms with Gasteiger partial charge in [-0.25, -0.2) is 9.18 Å². The van der Waals surface area contributed by atoms with Crippen LogP contribution < -0.4 is 0 Å². The van der Waals surface area contributed by atoms with Gasteiger partial charge in [-0.3, -0.25) is 0 Å². The van der Waals surface area contributed by atoms with Crippen LogP contribution in [-0.2, 0) is 9.47 Å². The van der Waals surface area contributed by atoms with Gasteiger partial charge >= 0.3 is 6.09 Å². The number of carbonyl (C=O) groups is 1. The minimum absolute atomic E-state index is 0.103. The highest BCUT2D eigenvalue weighted by atomic mass is 35.5. The van der Waals surface area contributed by atoms with Gasteiger partial charge in [0.2, 0.25) is 0 Å². The quantitative estimate of drug-likeness (QED) is 0.721. The normalized spacial score (nSPS) is 19.7. The van der Waals surface area contributed by atoms with Crippen LogP contribution in [0.3, 0.4) is 0 Å². The number of rotatable bonds is 4. The van der Waals surface area contributed by atoms with Gasteiger partial charge in [-0.1, -0.05) is 29.3 Å². The molecule has 0 radical (unpaired) electrons. The average molecular weight is 384 g/mol. The van der Waals surface area contributed by atoms with Crippen molar-refractivity contribution in [2.45, 2.75) is 39.2 Å². The van der Waals surface area contributed by atoms with Crippen molar-refractivity contribution in [1.29, 1.82) is 0 Å². The molecule has 144 valence electrons. The second-order valence-electron chi connectivity index (χ2n) is 7.54. The predicted molar refractivity (Wildman–Crippen MR) is 102 cm³/mol. The Hall–Kier alpha value is -1.59. The van der Waals surface area contributed by atoms with Crippen LogP contribution in [0.2, 0.25) is 5.02 Å². The fraction of sp³-hybridized carbons (Fsp3) is 0.550. The monoisotopic (exact) mass is 383 g/mol. The molecule has 6 heteroatoms. The van der Waals surface area contributed by atoms with Crippen LogP contribution in [0.25, 0.3) is 6.08 Å². The summed E-state index contributed by atoms with van der Waals surface area (Å²) in [6, 6.07) is 4.67. The largest absolute Gasteiger partial charge is 0.444 e. The highest BCUT2D eigenvalue weighted by Crippen LogP contribution is 2.30. The van der Waals surface area contributed by atoms with Gasteiger partial charge in [0.25, 0.3) is 0 Å². The molecule has 1 saturated heterocycles. The molecule has 4 nitrogen and oxygen atoms in total. The third kappa shape index (κ3) is 5.99. The van der Waals surface area contributed by atoms with Crippen LogP contribution in [0.5, 0.6) is 0 Å². The summed E-state index contributed by atoms with van der Waals surface area (Å²) in [4.78, 5) is 14.1. The lowest BCUT2D eigenvalue weighted by Gasteiger charge is -2.36. The second-order valence-corrected chi connectivity index (χ2v) is 7.98. The maximum atomic E-state index is 14.1. The van der Waals surface area contributed by atoms with Gasteiger partial charge in [0, 0.05) is 43.3 Å². The highest BCUT2D eigenvalue weighted by molar-refractivity contribution is 6.30. The van der Waals surface area contributed by atoms with E-state index in [9.17, 15) is 9.18 Å². The number of likely N-dealkylation sites (tertiary alicyclic amines) is 1. The van der Waals surface area contributed by atoms with Crippen molar-refractivity contribution in [3.8, 4) is 0 Å². The molecule has 0 aromatic heterocycles. The van der Waals surface area contributed by atoms with Crippen LogP contribution in [0.15, 0.2) is 23.8 Å². The number of methoxy groups -OCH3 is 1. The summed E-state index contributed by atoms with van der Waals surface area (Å²) in [5.74, 6) is -0.239. The summed E-state index contributed by atoms with van der Waals surface area (Å²) in [5, 5.41) is 0.375. The molecule has 0 bridgehead atoms. The van der Waals surface area contributed by atoms with Crippen LogP contribution >= 0.6 is 11.6 Å². The molecular formula is C20H27ClFNO3. The number of hydrogen-bond donors (Lipinski definition) is 0. The Bertz CT molecular complexity index is 670. The average Bonchev–Trinajstić information content (AvgIpc) is 2.54. The standard InChI is InChI=1S/C20H27ClFNO3/c1-20(2,3)26-19(24)23-9-7-14(16(13-23)8-10-25-4)11-15-5-6-17(21)12-18(15)22/h5-6,11-12,16H,7-10,13H2,1-4H3/b14-11+. The molecule has 26 heavy (non-hydrogen) atoms. The van der Waals surface area contributed by atoms with E-state index in [0.717, 1.165) is 12.0 Å². The Morgan fingerprint density at radius 1 is 1.42 bits per heavy atom. The molecule has 1 aromatic rings. The lowest BCUT2D eigenvalue weighted by Crippen LogP contribution is -2.43. The zero-order valence-electron chi connectivity index (χ0n) is 15.9. The van der Waals surface area contributed by atoms with E-state index >= 15 is 0 Å². The number of piperidine rings is 1. The Kier molecular flexibility index (Phi) is 7.07. The number of amides is 1. The number of nitrogens with zero attached hydrogens (tertiary/aromatic N) is 1. The third-order valence-electron chi connectivity index (χ3n) is 4.26. The first-order valence-corrected chi connectivity index (χ1v) is 9.20. The second kappa shape index (κ2) is 8.87. The Labute approximate surface area is 159 Å². The number of halogens is 2. The summed E-state index contributed by atoms with van der Waals surface area (Å²) >= 11 is 5.83. The molecule has 2 rings (SSSR count). The van der Waals surface area contributed by atoms with Gasteiger partial charge in [0.15, 0.2) is 0 Å². The Balaban J connectivity index is 2.17. The van der Waals surface area contributed by atoms with Crippen molar-refractivity contribution in [3.05, 3.63) is 40.2 Å². The summed E-state index contributed by atoms with van der Waals surface area (Å²) < 4.78 is 24.8. The van der Waals surface area contributed by atoms with E-state index in [1.165, 1.54) is 6.07 Å². The van der Waals surface area contributed by atoms with E-state index in [0.29, 0.717) is 36.7 Å². The predicted octanol–water partition coefficient (Wildman–Crippen LogP) is 5.16. The van der Waals surface area contributed by atoms with Crippen molar-refractivity contribution in [2.75, 3.05) is 26.8 Å². The van der Waals surface area contributed by atoms with E-state index in [2.05, 4.69) is 0 Å². The minimum Gasteiger partial charge on any atom is -0.444 e. The van der Waals surface area contributed by atoms with Crippen molar-refractivity contribution >= 4 is 23.8 Å². The molecule has 1 atom stereocenters. The van der Waals surface area contributed by atoms with Crippen LogP contribution in [0.4, 0.5) is 9.18 Å². The van der Waals surface area contributed by atoms with E-state index < -0.39 is 5.60 Å². The smallest absolute Gasteiger partial charge is 0.410 e. The van der Waals surface area contributed by atoms with Crippen molar-refractivity contribution in [3.63, 3.8) is 0 Å². The van der Waals surface area contributed by atoms with Crippen LogP contribution in [-0.4, -0.2) is 43.4 Å². The van der Waals surface area contributed by atoms with E-state index in [4.69, 9.17) is 21.1 Å². The number of ether oxygens (including phenoxy) is 2. The topological polar surface area (TPSA) is 38.8 Å². The summed E-state index contributed by atoms with van der Waals surface area (Å²) in [7, 11) is 1.65. The zero-order chi connectivity index (χ0) is 19.3. The van der Waals surface area contributed by atoms with E-state index in [-0.39, 0.29) is 17.8 Å². The lowest BCUT2D eigenvalue weighted by molar-refractivity contribution is 0.0191. The first kappa shape index (κ1) is 20.7. The zero-order valence-corrected chi connectivity index (χ0v) is 16.6. The van der Waals surface area contributed by atoms with Gasteiger partial charge in [-0.15, -0.1) is 0 Å². The molecule has 1 fully saturated rings. The summed E-state index contributed by atoms with van der Waals surface area (Å²) in [5.41, 5.74) is 1.10. The molecule has 1 aromatic carbocycles. The number of hydrogen-bond acceptors (Lipinski definition) is 3. The minimum atomic E-state index is -0.526. The SMILES string of the molecule is COCCC1CN(C(=O)OC(C)(C)C)CC/C1=C\c1ccc(Cl)cc1F. The first-order valence-electron chi connectivity index (χ1n) is 8.82. The molecule has 1 amide bonds. The molecule has 1 aliphatic heterocycles. The van der Waals surface area contributed by atoms with Gasteiger partial charge < -0.3 is 14.4 Å². The third-order valence-corrected chi connectivity index (χ3v) is 4.50. The maximum absolute atomic E-state index is 14.1. The Morgan fingerprint density at radius 3 is 2.77 bits per heavy atom. The summed E-state index contributed by atoms with van der Waals surface area (Å²) in [6.07, 6.45) is 3.00. The van der Waals surface area contributed by atoms with Gasteiger partial charge in [-0.2, -0.15) is 0 Å². The van der Waals surface area contributed by atoms with Crippen molar-refractivity contribution in [1.82, 2.24) is 4.90 Å². The van der Waals surface area contributed by atoms with Gasteiger partial charge in [-0.05, 0) is 45.7 Å². The molecule has 1 heterocycles. The molecule has 1 aliphatic rings. The molecule has 0 saturated carbocycles. The summed E-state index contributed by atoms with van der Waals surface area (Å²) in [6.45, 7) is 7.23. The van der Waals surface area contributed by atoms with Crippen molar-refractivity contribution < 1.29 is 18.7 Å². The van der Waals surface area contributed by atoms with E-state index in [1.807, 2.05) is 26.8 Å². The molecular weight excluding hydrogens is 357 g/mol. The van der Waals surface area contributed by atoms with Gasteiger partial charge in [0.1, 0.15) is 11.4 Å². The highest BCUT2D eigenvalue weighted by Gasteiger charge is 2.30. The van der Waals surface area contributed by atoms with Gasteiger partial charge in [0.05, 0.1) is 0 Å². The molecule has 0 aliphatic carbocycles. The van der Waals surface area contributed by atoms with Crippen LogP contribution in [0, 0.1) is 11.7 Å². The molecule has 0 spiro atoms. The van der Waals surface area contributed by atoms with Crippen molar-refractivity contribution in [2.24, 2.45) is 5.92 Å². The van der Waals surface area contributed by atoms with E-state index in [1.54, 1.807) is 24.1 Å². The van der Waals surface area contributed by atoms with Crippen LogP contribution in [0.1, 0.15) is 39.2 Å². The number of benzene rings is 1. The lowest BCUT2D eigenvalue weighted by atomic mass is 9.88. The molecule has 0 N–H and O–H groups in total. The molecule has 1 unspecified atom stereocenters. The Morgan fingerprint density at radius 2 is 2.15 bits per heavy atom. The first-order chi connectivity index (χ1) is 12.2. The fourth-order valence-corrected chi connectivity index (χ4v) is 3.14. The maximum Gasteiger partial charge on any atom is 0.410 e. The number of carbonyl (C=O) groups excluding carboxylic acids is 1.